The topological polar surface area (TPSA) is 81.9 Å². The summed E-state index contributed by atoms with van der Waals surface area (Å²) in [6.45, 7) is 2.81. The van der Waals surface area contributed by atoms with Crippen molar-refractivity contribution in [1.29, 1.82) is 0 Å². The number of fused-ring (bicyclic) bond motifs is 1. The average Bonchev–Trinajstić information content (AvgIpc) is 3.05. The van der Waals surface area contributed by atoms with Crippen molar-refractivity contribution in [3.8, 4) is 18.1 Å². The van der Waals surface area contributed by atoms with Crippen LogP contribution in [0, 0.1) is 19.3 Å². The average molecular weight is 349 g/mol. The molecule has 7 nitrogen and oxygen atoms in total. The molecule has 0 atom stereocenters. The van der Waals surface area contributed by atoms with Gasteiger partial charge in [-0.05, 0) is 25.0 Å². The fraction of sp³-hybridized carbons (Fsp3) is 0.263. The number of terminal acetylenes is 1. The van der Waals surface area contributed by atoms with E-state index in [1.165, 1.54) is 6.33 Å². The van der Waals surface area contributed by atoms with E-state index in [0.717, 1.165) is 11.3 Å². The van der Waals surface area contributed by atoms with E-state index in [1.54, 1.807) is 10.9 Å². The lowest BCUT2D eigenvalue weighted by Gasteiger charge is -2.09. The fourth-order valence-electron chi connectivity index (χ4n) is 2.51. The molecule has 132 valence electrons. The molecule has 0 fully saturated rings. The minimum atomic E-state index is -0.148. The van der Waals surface area contributed by atoms with E-state index in [-0.39, 0.29) is 5.91 Å². The summed E-state index contributed by atoms with van der Waals surface area (Å²) < 4.78 is 7.42. The highest BCUT2D eigenvalue weighted by Crippen LogP contribution is 2.18. The van der Waals surface area contributed by atoms with Gasteiger partial charge in [-0.25, -0.2) is 15.0 Å². The maximum absolute atomic E-state index is 12.2. The smallest absolute Gasteiger partial charge is 0.225 e. The number of anilines is 1. The number of carbonyl (C=O) groups is 1. The predicted octanol–water partition coefficient (Wildman–Crippen LogP) is 2.57. The van der Waals surface area contributed by atoms with Gasteiger partial charge >= 0.3 is 0 Å². The van der Waals surface area contributed by atoms with Crippen LogP contribution in [0.15, 0.2) is 36.9 Å². The van der Waals surface area contributed by atoms with Gasteiger partial charge in [0.15, 0.2) is 17.0 Å². The second-order valence-electron chi connectivity index (χ2n) is 5.74. The van der Waals surface area contributed by atoms with Crippen molar-refractivity contribution in [2.45, 2.75) is 26.3 Å². The first-order chi connectivity index (χ1) is 12.7. The number of benzene rings is 1. The molecule has 3 rings (SSSR count). The van der Waals surface area contributed by atoms with Gasteiger partial charge in [0.05, 0.1) is 19.5 Å². The molecule has 1 aromatic carbocycles. The lowest BCUT2D eigenvalue weighted by Crippen LogP contribution is -2.14. The molecule has 0 saturated heterocycles. The number of imidazole rings is 1. The molecule has 1 amide bonds. The Bertz CT molecular complexity index is 958. The van der Waals surface area contributed by atoms with Gasteiger partial charge in [-0.2, -0.15) is 0 Å². The number of nitrogens with one attached hydrogen (secondary N) is 1. The third-order valence-electron chi connectivity index (χ3n) is 3.82. The summed E-state index contributed by atoms with van der Waals surface area (Å²) in [7, 11) is 0. The fourth-order valence-corrected chi connectivity index (χ4v) is 2.51. The van der Waals surface area contributed by atoms with Crippen LogP contribution < -0.4 is 10.1 Å². The molecule has 0 aliphatic heterocycles. The molecule has 2 heterocycles. The monoisotopic (exact) mass is 349 g/mol. The lowest BCUT2D eigenvalue weighted by molar-refractivity contribution is -0.116. The van der Waals surface area contributed by atoms with Crippen molar-refractivity contribution in [1.82, 2.24) is 19.5 Å². The van der Waals surface area contributed by atoms with Crippen molar-refractivity contribution in [3.63, 3.8) is 0 Å². The van der Waals surface area contributed by atoms with Gasteiger partial charge in [0.2, 0.25) is 5.91 Å². The van der Waals surface area contributed by atoms with Crippen LogP contribution >= 0.6 is 0 Å². The van der Waals surface area contributed by atoms with Gasteiger partial charge in [0.25, 0.3) is 0 Å². The van der Waals surface area contributed by atoms with Crippen molar-refractivity contribution >= 4 is 22.9 Å². The third-order valence-corrected chi connectivity index (χ3v) is 3.82. The Hall–Kier alpha value is -3.40. The zero-order valence-electron chi connectivity index (χ0n) is 14.5. The van der Waals surface area contributed by atoms with Crippen LogP contribution in [0.3, 0.4) is 0 Å². The zero-order chi connectivity index (χ0) is 18.4. The highest BCUT2D eigenvalue weighted by Gasteiger charge is 2.12. The van der Waals surface area contributed by atoms with E-state index in [2.05, 4.69) is 26.2 Å². The first-order valence-corrected chi connectivity index (χ1v) is 8.26. The van der Waals surface area contributed by atoms with Crippen LogP contribution in [-0.2, 0) is 11.3 Å². The van der Waals surface area contributed by atoms with E-state index >= 15 is 0 Å². The standard InChI is InChI=1S/C19H19N5O2/c1-3-10-24-13-22-17-18(20-12-21-19(17)24)23-16(25)9-6-11-26-15-8-5-4-7-14(15)2/h1,4-5,7-8,12-13H,6,9-11H2,2H3,(H,20,21,23,25). The number of ether oxygens (including phenoxy) is 1. The Labute approximate surface area is 151 Å². The number of amides is 1. The maximum atomic E-state index is 12.2. The highest BCUT2D eigenvalue weighted by atomic mass is 16.5. The molecule has 0 radical (unpaired) electrons. The number of hydrogen-bond donors (Lipinski definition) is 1. The summed E-state index contributed by atoms with van der Waals surface area (Å²) in [4.78, 5) is 24.7. The van der Waals surface area contributed by atoms with Crippen LogP contribution in [0.1, 0.15) is 18.4 Å². The molecule has 2 aromatic heterocycles. The van der Waals surface area contributed by atoms with E-state index in [4.69, 9.17) is 11.2 Å². The summed E-state index contributed by atoms with van der Waals surface area (Å²) in [5.74, 6) is 3.61. The Balaban J connectivity index is 1.55. The minimum absolute atomic E-state index is 0.148. The number of aromatic nitrogens is 4. The Morgan fingerprint density at radius 2 is 2.15 bits per heavy atom. The van der Waals surface area contributed by atoms with Gasteiger partial charge in [-0.1, -0.05) is 24.1 Å². The summed E-state index contributed by atoms with van der Waals surface area (Å²) in [5, 5.41) is 2.78. The van der Waals surface area contributed by atoms with Crippen LogP contribution in [-0.4, -0.2) is 32.0 Å². The van der Waals surface area contributed by atoms with Crippen LogP contribution in [0.25, 0.3) is 11.2 Å². The summed E-state index contributed by atoms with van der Waals surface area (Å²) in [6, 6.07) is 7.79. The zero-order valence-corrected chi connectivity index (χ0v) is 14.5. The van der Waals surface area contributed by atoms with Crippen LogP contribution in [0.4, 0.5) is 5.82 Å². The van der Waals surface area contributed by atoms with Gasteiger partial charge < -0.3 is 14.6 Å². The second-order valence-corrected chi connectivity index (χ2v) is 5.74. The van der Waals surface area contributed by atoms with Crippen LogP contribution in [0.2, 0.25) is 0 Å². The molecule has 26 heavy (non-hydrogen) atoms. The number of rotatable bonds is 7. The predicted molar refractivity (Wildman–Crippen MR) is 98.7 cm³/mol. The maximum Gasteiger partial charge on any atom is 0.225 e. The highest BCUT2D eigenvalue weighted by molar-refractivity contribution is 5.96. The molecule has 0 aliphatic rings. The number of aryl methyl sites for hydroxylation is 1. The molecule has 3 aromatic rings. The van der Waals surface area contributed by atoms with Crippen molar-refractivity contribution < 1.29 is 9.53 Å². The van der Waals surface area contributed by atoms with Crippen molar-refractivity contribution in [3.05, 3.63) is 42.5 Å². The molecule has 1 N–H and O–H groups in total. The van der Waals surface area contributed by atoms with Gasteiger partial charge in [0, 0.05) is 6.42 Å². The third kappa shape index (κ3) is 3.98. The number of para-hydroxylation sites is 1. The summed E-state index contributed by atoms with van der Waals surface area (Å²) in [6.07, 6.45) is 9.22. The van der Waals surface area contributed by atoms with E-state index < -0.39 is 0 Å². The van der Waals surface area contributed by atoms with E-state index in [9.17, 15) is 4.79 Å². The van der Waals surface area contributed by atoms with Crippen molar-refractivity contribution in [2.24, 2.45) is 0 Å². The van der Waals surface area contributed by atoms with E-state index in [1.807, 2.05) is 31.2 Å². The lowest BCUT2D eigenvalue weighted by atomic mass is 10.2. The summed E-state index contributed by atoms with van der Waals surface area (Å²) >= 11 is 0. The Morgan fingerprint density at radius 1 is 1.31 bits per heavy atom. The Morgan fingerprint density at radius 3 is 2.96 bits per heavy atom. The van der Waals surface area contributed by atoms with Gasteiger partial charge in [-0.3, -0.25) is 4.79 Å². The number of carbonyl (C=O) groups excluding carboxylic acids is 1. The largest absolute Gasteiger partial charge is 0.493 e. The Kier molecular flexibility index (Phi) is 5.44. The molecule has 0 unspecified atom stereocenters. The quantitative estimate of drug-likeness (QED) is 0.524. The van der Waals surface area contributed by atoms with E-state index in [0.29, 0.717) is 43.0 Å². The van der Waals surface area contributed by atoms with Gasteiger partial charge in [-0.15, -0.1) is 6.42 Å². The molecular weight excluding hydrogens is 330 g/mol. The molecule has 7 heteroatoms. The number of hydrogen-bond acceptors (Lipinski definition) is 5. The molecular formula is C19H19N5O2. The SMILES string of the molecule is C#CCn1cnc2c(NC(=O)CCCOc3ccccc3C)ncnc21. The molecule has 0 saturated carbocycles. The van der Waals surface area contributed by atoms with Gasteiger partial charge in [0.1, 0.15) is 12.1 Å². The molecule has 0 bridgehead atoms. The molecule has 0 aliphatic carbocycles. The van der Waals surface area contributed by atoms with Crippen molar-refractivity contribution in [2.75, 3.05) is 11.9 Å². The second kappa shape index (κ2) is 8.12. The molecule has 0 spiro atoms. The number of nitrogens with zero attached hydrogens (tertiary/aromatic N) is 4. The first-order valence-electron chi connectivity index (χ1n) is 8.26. The summed E-state index contributed by atoms with van der Waals surface area (Å²) in [5.41, 5.74) is 2.19. The van der Waals surface area contributed by atoms with Crippen LogP contribution in [0.5, 0.6) is 5.75 Å². The first kappa shape index (κ1) is 17.4. The minimum Gasteiger partial charge on any atom is -0.493 e. The normalized spacial score (nSPS) is 10.5.